The lowest BCUT2D eigenvalue weighted by Gasteiger charge is -2.32. The van der Waals surface area contributed by atoms with Gasteiger partial charge in [-0.2, -0.15) is 0 Å². The maximum absolute atomic E-state index is 13.6. The molecule has 0 saturated carbocycles. The number of nitrogens with one attached hydrogen (secondary N) is 2. The summed E-state index contributed by atoms with van der Waals surface area (Å²) in [6, 6.07) is 9.89. The van der Waals surface area contributed by atoms with E-state index in [0.29, 0.717) is 43.5 Å². The zero-order valence-corrected chi connectivity index (χ0v) is 21.3. The average molecular weight is 499 g/mol. The molecular formula is C26H35FN6O3. The molecule has 3 amide bonds. The topological polar surface area (TPSA) is 111 Å². The van der Waals surface area contributed by atoms with Gasteiger partial charge in [0.05, 0.1) is 13.1 Å². The molecule has 0 unspecified atom stereocenters. The van der Waals surface area contributed by atoms with Crippen LogP contribution in [0.4, 0.5) is 10.1 Å². The fraction of sp³-hybridized carbons (Fsp3) is 0.423. The maximum Gasteiger partial charge on any atom is 0.256 e. The van der Waals surface area contributed by atoms with Gasteiger partial charge in [-0.25, -0.2) is 9.40 Å². The molecule has 10 heteroatoms. The number of likely N-dealkylation sites (N-methyl/N-ethyl adjacent to an activating group) is 1. The van der Waals surface area contributed by atoms with E-state index in [-0.39, 0.29) is 30.7 Å². The molecule has 4 N–H and O–H groups in total. The number of hydrogen-bond donors (Lipinski definition) is 3. The quantitative estimate of drug-likeness (QED) is 0.406. The number of aryl methyl sites for hydroxylation is 1. The Morgan fingerprint density at radius 3 is 2.47 bits per heavy atom. The minimum absolute atomic E-state index is 0.0737. The lowest BCUT2D eigenvalue weighted by Crippen LogP contribution is -2.48. The highest BCUT2D eigenvalue weighted by Crippen LogP contribution is 2.25. The number of hydrazine groups is 1. The standard InChI is InChI=1S/C26H35FN6O3/c1-17(2)29-9-10-30-24(34)15-32(23-12-19(26(28)36)6-5-18(23)3)16-25(35)31(4)33-13-20-7-8-22(27)11-21(20)14-33/h5-8,11-12,17,29H,9-10,13-16H2,1-4H3,(H2,28,36)(H,30,34). The number of carbonyl (C=O) groups is 3. The van der Waals surface area contributed by atoms with E-state index in [1.165, 1.54) is 17.1 Å². The summed E-state index contributed by atoms with van der Waals surface area (Å²) >= 11 is 0. The van der Waals surface area contributed by atoms with Crippen LogP contribution < -0.4 is 21.3 Å². The van der Waals surface area contributed by atoms with Crippen LogP contribution in [0, 0.1) is 12.7 Å². The number of amides is 3. The van der Waals surface area contributed by atoms with Gasteiger partial charge in [0.25, 0.3) is 5.91 Å². The van der Waals surface area contributed by atoms with Crippen LogP contribution in [0.2, 0.25) is 0 Å². The Kier molecular flexibility index (Phi) is 9.00. The van der Waals surface area contributed by atoms with Crippen LogP contribution in [0.3, 0.4) is 0 Å². The Hall–Kier alpha value is -3.50. The van der Waals surface area contributed by atoms with E-state index in [2.05, 4.69) is 10.6 Å². The average Bonchev–Trinajstić information content (AvgIpc) is 3.24. The monoisotopic (exact) mass is 498 g/mol. The second kappa shape index (κ2) is 12.0. The third-order valence-electron chi connectivity index (χ3n) is 6.15. The molecule has 0 radical (unpaired) electrons. The number of primary amides is 1. The summed E-state index contributed by atoms with van der Waals surface area (Å²) in [5, 5.41) is 9.43. The third kappa shape index (κ3) is 7.02. The summed E-state index contributed by atoms with van der Waals surface area (Å²) < 4.78 is 13.6. The minimum Gasteiger partial charge on any atom is -0.366 e. The van der Waals surface area contributed by atoms with Crippen molar-refractivity contribution in [2.24, 2.45) is 5.73 Å². The van der Waals surface area contributed by atoms with Gasteiger partial charge in [-0.05, 0) is 47.9 Å². The normalized spacial score (nSPS) is 12.9. The van der Waals surface area contributed by atoms with Crippen molar-refractivity contribution in [3.8, 4) is 0 Å². The number of fused-ring (bicyclic) bond motifs is 1. The first-order valence-electron chi connectivity index (χ1n) is 12.0. The van der Waals surface area contributed by atoms with Crippen molar-refractivity contribution in [2.75, 3.05) is 38.1 Å². The van der Waals surface area contributed by atoms with Crippen LogP contribution in [0.5, 0.6) is 0 Å². The predicted octanol–water partition coefficient (Wildman–Crippen LogP) is 1.54. The highest BCUT2D eigenvalue weighted by molar-refractivity contribution is 5.95. The summed E-state index contributed by atoms with van der Waals surface area (Å²) in [4.78, 5) is 39.5. The Morgan fingerprint density at radius 1 is 1.06 bits per heavy atom. The number of hydrogen-bond acceptors (Lipinski definition) is 6. The number of carbonyl (C=O) groups excluding carboxylic acids is 3. The Morgan fingerprint density at radius 2 is 1.78 bits per heavy atom. The molecule has 1 aliphatic rings. The van der Waals surface area contributed by atoms with Gasteiger partial charge in [0.15, 0.2) is 0 Å². The molecule has 0 fully saturated rings. The molecule has 194 valence electrons. The summed E-state index contributed by atoms with van der Waals surface area (Å²) in [6.07, 6.45) is 0. The largest absolute Gasteiger partial charge is 0.366 e. The molecule has 1 heterocycles. The highest BCUT2D eigenvalue weighted by atomic mass is 19.1. The van der Waals surface area contributed by atoms with Crippen LogP contribution in [0.1, 0.15) is 40.9 Å². The second-order valence-corrected chi connectivity index (χ2v) is 9.33. The summed E-state index contributed by atoms with van der Waals surface area (Å²) in [6.45, 7) is 7.68. The van der Waals surface area contributed by atoms with Crippen molar-refractivity contribution >= 4 is 23.4 Å². The van der Waals surface area contributed by atoms with E-state index in [0.717, 1.165) is 16.7 Å². The smallest absolute Gasteiger partial charge is 0.256 e. The molecule has 0 aromatic heterocycles. The van der Waals surface area contributed by atoms with Crippen LogP contribution in [0.25, 0.3) is 0 Å². The Balaban J connectivity index is 1.74. The van der Waals surface area contributed by atoms with E-state index >= 15 is 0 Å². The maximum atomic E-state index is 13.6. The van der Waals surface area contributed by atoms with E-state index in [4.69, 9.17) is 5.73 Å². The summed E-state index contributed by atoms with van der Waals surface area (Å²) in [7, 11) is 1.66. The van der Waals surface area contributed by atoms with Gasteiger partial charge in [0.1, 0.15) is 5.82 Å². The van der Waals surface area contributed by atoms with Crippen molar-refractivity contribution in [3.05, 3.63) is 64.5 Å². The van der Waals surface area contributed by atoms with Crippen molar-refractivity contribution in [3.63, 3.8) is 0 Å². The van der Waals surface area contributed by atoms with Crippen LogP contribution in [-0.2, 0) is 22.7 Å². The lowest BCUT2D eigenvalue weighted by molar-refractivity contribution is -0.145. The van der Waals surface area contributed by atoms with E-state index in [1.54, 1.807) is 36.2 Å². The number of anilines is 1. The second-order valence-electron chi connectivity index (χ2n) is 9.33. The molecule has 0 aliphatic carbocycles. The van der Waals surface area contributed by atoms with Crippen molar-refractivity contribution in [1.82, 2.24) is 20.7 Å². The fourth-order valence-corrected chi connectivity index (χ4v) is 4.10. The molecule has 0 bridgehead atoms. The SMILES string of the molecule is Cc1ccc(C(N)=O)cc1N(CC(=O)NCCNC(C)C)CC(=O)N(C)N1Cc2ccc(F)cc2C1. The van der Waals surface area contributed by atoms with E-state index < -0.39 is 5.91 Å². The predicted molar refractivity (Wildman–Crippen MR) is 136 cm³/mol. The van der Waals surface area contributed by atoms with Crippen LogP contribution >= 0.6 is 0 Å². The highest BCUT2D eigenvalue weighted by Gasteiger charge is 2.27. The van der Waals surface area contributed by atoms with Crippen molar-refractivity contribution < 1.29 is 18.8 Å². The van der Waals surface area contributed by atoms with Gasteiger partial charge in [-0.3, -0.25) is 19.4 Å². The summed E-state index contributed by atoms with van der Waals surface area (Å²) in [5.41, 5.74) is 8.95. The molecule has 36 heavy (non-hydrogen) atoms. The molecule has 0 saturated heterocycles. The first-order valence-corrected chi connectivity index (χ1v) is 12.0. The van der Waals surface area contributed by atoms with Gasteiger partial charge >= 0.3 is 0 Å². The Labute approximate surface area is 211 Å². The first kappa shape index (κ1) is 27.1. The van der Waals surface area contributed by atoms with Crippen molar-refractivity contribution in [1.29, 1.82) is 0 Å². The molecule has 1 aliphatic heterocycles. The van der Waals surface area contributed by atoms with Gasteiger partial charge < -0.3 is 21.3 Å². The Bertz CT molecular complexity index is 1120. The third-order valence-corrected chi connectivity index (χ3v) is 6.15. The van der Waals surface area contributed by atoms with Crippen LogP contribution in [0.15, 0.2) is 36.4 Å². The number of nitrogens with zero attached hydrogens (tertiary/aromatic N) is 3. The lowest BCUT2D eigenvalue weighted by atomic mass is 10.1. The van der Waals surface area contributed by atoms with Gasteiger partial charge in [-0.15, -0.1) is 0 Å². The van der Waals surface area contributed by atoms with Gasteiger partial charge in [0, 0.05) is 50.5 Å². The van der Waals surface area contributed by atoms with Crippen LogP contribution in [-0.4, -0.2) is 67.0 Å². The zero-order valence-electron chi connectivity index (χ0n) is 21.3. The molecule has 0 spiro atoms. The summed E-state index contributed by atoms with van der Waals surface area (Å²) in [5.74, 6) is -1.40. The van der Waals surface area contributed by atoms with E-state index in [9.17, 15) is 18.8 Å². The minimum atomic E-state index is -0.592. The van der Waals surface area contributed by atoms with E-state index in [1.807, 2.05) is 25.8 Å². The van der Waals surface area contributed by atoms with Gasteiger partial charge in [-0.1, -0.05) is 26.0 Å². The van der Waals surface area contributed by atoms with Gasteiger partial charge in [0.2, 0.25) is 11.8 Å². The molecule has 2 aromatic rings. The molecule has 9 nitrogen and oxygen atoms in total. The van der Waals surface area contributed by atoms with Crippen molar-refractivity contribution in [2.45, 2.75) is 39.9 Å². The first-order chi connectivity index (χ1) is 17.0. The number of nitrogens with two attached hydrogens (primary N) is 1. The molecular weight excluding hydrogens is 463 g/mol. The number of rotatable bonds is 11. The zero-order chi connectivity index (χ0) is 26.4. The molecule has 2 aromatic carbocycles. The number of benzene rings is 2. The fourth-order valence-electron chi connectivity index (χ4n) is 4.10. The molecule has 0 atom stereocenters. The number of halogens is 1. The molecule has 3 rings (SSSR count).